The van der Waals surface area contributed by atoms with E-state index in [2.05, 4.69) is 6.07 Å². The highest BCUT2D eigenvalue weighted by Crippen LogP contribution is 2.34. The zero-order valence-electron chi connectivity index (χ0n) is 16.3. The molecule has 0 saturated carbocycles. The first-order chi connectivity index (χ1) is 15.0. The van der Waals surface area contributed by atoms with Crippen molar-refractivity contribution in [1.82, 2.24) is 4.57 Å². The van der Waals surface area contributed by atoms with E-state index < -0.39 is 4.92 Å². The SMILES string of the molecule is COc1cc([N+](=O)[O-])ccc1-c1ccc(/C=C/C(=O)n2cc(C#N)c3ccccc32)o1. The summed E-state index contributed by atoms with van der Waals surface area (Å²) < 4.78 is 12.4. The lowest BCUT2D eigenvalue weighted by Crippen LogP contribution is -2.04. The number of benzene rings is 2. The lowest BCUT2D eigenvalue weighted by Gasteiger charge is -2.05. The Kier molecular flexibility index (Phi) is 5.08. The van der Waals surface area contributed by atoms with Gasteiger partial charge in [-0.05, 0) is 30.3 Å². The van der Waals surface area contributed by atoms with Gasteiger partial charge in [-0.25, -0.2) is 0 Å². The molecule has 8 nitrogen and oxygen atoms in total. The molecular weight excluding hydrogens is 398 g/mol. The van der Waals surface area contributed by atoms with Crippen LogP contribution in [0.4, 0.5) is 5.69 Å². The molecule has 4 rings (SSSR count). The van der Waals surface area contributed by atoms with E-state index in [4.69, 9.17) is 9.15 Å². The summed E-state index contributed by atoms with van der Waals surface area (Å²) in [5.74, 6) is 0.833. The van der Waals surface area contributed by atoms with Gasteiger partial charge in [0.15, 0.2) is 0 Å². The number of hydrogen-bond acceptors (Lipinski definition) is 6. The topological polar surface area (TPSA) is 111 Å². The van der Waals surface area contributed by atoms with Gasteiger partial charge in [-0.1, -0.05) is 18.2 Å². The van der Waals surface area contributed by atoms with Crippen molar-refractivity contribution >= 4 is 28.6 Å². The number of carbonyl (C=O) groups excluding carboxylic acids is 1. The molecule has 0 amide bonds. The number of rotatable bonds is 5. The van der Waals surface area contributed by atoms with Gasteiger partial charge in [0.2, 0.25) is 0 Å². The molecule has 0 aliphatic carbocycles. The van der Waals surface area contributed by atoms with Crippen molar-refractivity contribution in [3.05, 3.63) is 88.3 Å². The van der Waals surface area contributed by atoms with Gasteiger partial charge in [-0.3, -0.25) is 19.5 Å². The van der Waals surface area contributed by atoms with Crippen LogP contribution in [0.2, 0.25) is 0 Å². The molecular formula is C23H15N3O5. The molecule has 0 atom stereocenters. The molecule has 31 heavy (non-hydrogen) atoms. The Morgan fingerprint density at radius 3 is 2.77 bits per heavy atom. The molecule has 4 aromatic rings. The second kappa shape index (κ2) is 8.00. The number of ether oxygens (including phenoxy) is 1. The zero-order valence-corrected chi connectivity index (χ0v) is 16.3. The first-order valence-corrected chi connectivity index (χ1v) is 9.17. The quantitative estimate of drug-likeness (QED) is 0.257. The third-order valence-corrected chi connectivity index (χ3v) is 4.75. The maximum Gasteiger partial charge on any atom is 0.273 e. The van der Waals surface area contributed by atoms with Gasteiger partial charge in [0, 0.05) is 23.7 Å². The minimum Gasteiger partial charge on any atom is -0.496 e. The van der Waals surface area contributed by atoms with Crippen LogP contribution in [0, 0.1) is 21.4 Å². The number of aromatic nitrogens is 1. The molecule has 0 radical (unpaired) electrons. The average molecular weight is 413 g/mol. The van der Waals surface area contributed by atoms with Crippen molar-refractivity contribution < 1.29 is 18.9 Å². The van der Waals surface area contributed by atoms with E-state index in [9.17, 15) is 20.2 Å². The predicted molar refractivity (Wildman–Crippen MR) is 114 cm³/mol. The molecule has 0 saturated heterocycles. The molecule has 0 aliphatic heterocycles. The second-order valence-corrected chi connectivity index (χ2v) is 6.56. The van der Waals surface area contributed by atoms with Gasteiger partial charge in [0.05, 0.1) is 34.7 Å². The van der Waals surface area contributed by atoms with Gasteiger partial charge in [-0.2, -0.15) is 5.26 Å². The molecule has 2 heterocycles. The summed E-state index contributed by atoms with van der Waals surface area (Å²) in [4.78, 5) is 23.1. The molecule has 8 heteroatoms. The Labute approximate surface area is 176 Å². The van der Waals surface area contributed by atoms with Crippen LogP contribution in [0.1, 0.15) is 16.1 Å². The summed E-state index contributed by atoms with van der Waals surface area (Å²) in [6.07, 6.45) is 4.38. The van der Waals surface area contributed by atoms with E-state index in [0.29, 0.717) is 39.3 Å². The Morgan fingerprint density at radius 1 is 1.23 bits per heavy atom. The fourth-order valence-electron chi connectivity index (χ4n) is 3.27. The fourth-order valence-corrected chi connectivity index (χ4v) is 3.27. The Balaban J connectivity index is 1.61. The van der Waals surface area contributed by atoms with Crippen LogP contribution < -0.4 is 4.74 Å². The highest BCUT2D eigenvalue weighted by Gasteiger charge is 2.15. The number of hydrogen-bond donors (Lipinski definition) is 0. The molecule has 0 aliphatic rings. The van der Waals surface area contributed by atoms with Crippen LogP contribution in [0.15, 0.2) is 71.3 Å². The first-order valence-electron chi connectivity index (χ1n) is 9.17. The van der Waals surface area contributed by atoms with Crippen molar-refractivity contribution in [2.75, 3.05) is 7.11 Å². The number of nitrogens with zero attached hydrogens (tertiary/aromatic N) is 3. The lowest BCUT2D eigenvalue weighted by atomic mass is 10.1. The summed E-state index contributed by atoms with van der Waals surface area (Å²) in [5.41, 5.74) is 1.52. The third-order valence-electron chi connectivity index (χ3n) is 4.75. The highest BCUT2D eigenvalue weighted by atomic mass is 16.6. The average Bonchev–Trinajstić information content (AvgIpc) is 3.41. The molecule has 0 fully saturated rings. The maximum atomic E-state index is 12.7. The molecule has 0 N–H and O–H groups in total. The van der Waals surface area contributed by atoms with Crippen molar-refractivity contribution in [2.24, 2.45) is 0 Å². The molecule has 0 bridgehead atoms. The van der Waals surface area contributed by atoms with E-state index in [1.807, 2.05) is 6.07 Å². The standard InChI is InChI=1S/C23H15N3O5/c1-30-22-12-16(26(28)29)6-9-19(22)21-10-7-17(31-21)8-11-23(27)25-14-15(13-24)18-4-2-3-5-20(18)25/h2-12,14H,1H3/b11-8+. The number of nitro groups is 1. The van der Waals surface area contributed by atoms with E-state index in [1.165, 1.54) is 42.2 Å². The van der Waals surface area contributed by atoms with E-state index in [0.717, 1.165) is 0 Å². The van der Waals surface area contributed by atoms with Crippen LogP contribution in [0.5, 0.6) is 5.75 Å². The van der Waals surface area contributed by atoms with Crippen LogP contribution in [0.3, 0.4) is 0 Å². The van der Waals surface area contributed by atoms with Crippen LogP contribution in [-0.4, -0.2) is 22.5 Å². The minimum atomic E-state index is -0.503. The summed E-state index contributed by atoms with van der Waals surface area (Å²) in [5, 5.41) is 20.9. The summed E-state index contributed by atoms with van der Waals surface area (Å²) >= 11 is 0. The molecule has 0 spiro atoms. The molecule has 2 aromatic carbocycles. The number of furan rings is 1. The van der Waals surface area contributed by atoms with E-state index >= 15 is 0 Å². The van der Waals surface area contributed by atoms with E-state index in [1.54, 1.807) is 36.4 Å². The van der Waals surface area contributed by atoms with Crippen molar-refractivity contribution in [3.8, 4) is 23.1 Å². The van der Waals surface area contributed by atoms with Crippen molar-refractivity contribution in [1.29, 1.82) is 5.26 Å². The number of nitro benzene ring substituents is 1. The lowest BCUT2D eigenvalue weighted by molar-refractivity contribution is -0.384. The fraction of sp³-hybridized carbons (Fsp3) is 0.0435. The Hall–Kier alpha value is -4.64. The number of allylic oxidation sites excluding steroid dienone is 1. The summed E-state index contributed by atoms with van der Waals surface area (Å²) in [6.45, 7) is 0. The number of para-hydroxylation sites is 1. The molecule has 2 aromatic heterocycles. The van der Waals surface area contributed by atoms with Gasteiger partial charge < -0.3 is 9.15 Å². The Bertz CT molecular complexity index is 1390. The van der Waals surface area contributed by atoms with Gasteiger partial charge in [0.25, 0.3) is 11.6 Å². The third kappa shape index (κ3) is 3.68. The summed E-state index contributed by atoms with van der Waals surface area (Å²) in [7, 11) is 1.42. The van der Waals surface area contributed by atoms with Crippen LogP contribution in [-0.2, 0) is 0 Å². The molecule has 0 unspecified atom stereocenters. The van der Waals surface area contributed by atoms with E-state index in [-0.39, 0.29) is 11.6 Å². The smallest absolute Gasteiger partial charge is 0.273 e. The number of carbonyl (C=O) groups is 1. The first kappa shape index (κ1) is 19.7. The van der Waals surface area contributed by atoms with Gasteiger partial charge in [0.1, 0.15) is 23.3 Å². The maximum absolute atomic E-state index is 12.7. The minimum absolute atomic E-state index is 0.0893. The normalized spacial score (nSPS) is 11.0. The largest absolute Gasteiger partial charge is 0.496 e. The Morgan fingerprint density at radius 2 is 2.03 bits per heavy atom. The number of methoxy groups -OCH3 is 1. The number of fused-ring (bicyclic) bond motifs is 1. The predicted octanol–water partition coefficient (Wildman–Crippen LogP) is 5.04. The molecule has 152 valence electrons. The van der Waals surface area contributed by atoms with Crippen LogP contribution >= 0.6 is 0 Å². The zero-order chi connectivity index (χ0) is 22.0. The number of non-ortho nitro benzene ring substituents is 1. The van der Waals surface area contributed by atoms with Gasteiger partial charge >= 0.3 is 0 Å². The number of nitriles is 1. The van der Waals surface area contributed by atoms with Crippen LogP contribution in [0.25, 0.3) is 28.3 Å². The monoisotopic (exact) mass is 413 g/mol. The van der Waals surface area contributed by atoms with Crippen molar-refractivity contribution in [3.63, 3.8) is 0 Å². The highest BCUT2D eigenvalue weighted by molar-refractivity contribution is 6.01. The second-order valence-electron chi connectivity index (χ2n) is 6.56. The van der Waals surface area contributed by atoms with Crippen molar-refractivity contribution in [2.45, 2.75) is 0 Å². The summed E-state index contributed by atoms with van der Waals surface area (Å²) in [6, 6.07) is 16.9. The van der Waals surface area contributed by atoms with Gasteiger partial charge in [-0.15, -0.1) is 0 Å².